The molecule has 0 radical (unpaired) electrons. The quantitative estimate of drug-likeness (QED) is 0.571. The van der Waals surface area contributed by atoms with Gasteiger partial charge in [-0.25, -0.2) is 4.39 Å². The van der Waals surface area contributed by atoms with Gasteiger partial charge < -0.3 is 14.5 Å². The molecule has 1 aliphatic heterocycles. The maximum absolute atomic E-state index is 13.7. The number of amides is 1. The van der Waals surface area contributed by atoms with Gasteiger partial charge in [-0.2, -0.15) is 10.2 Å². The van der Waals surface area contributed by atoms with Crippen molar-refractivity contribution in [3.8, 4) is 17.0 Å². The Hall–Kier alpha value is -3.49. The zero-order valence-electron chi connectivity index (χ0n) is 19.5. The molecule has 3 aromatic rings. The molecule has 1 fully saturated rings. The zero-order chi connectivity index (χ0) is 23.5. The van der Waals surface area contributed by atoms with E-state index in [1.807, 2.05) is 17.0 Å². The minimum absolute atomic E-state index is 0.0261. The molecule has 0 bridgehead atoms. The van der Waals surface area contributed by atoms with Crippen LogP contribution in [0.5, 0.6) is 5.75 Å². The number of hydrogen-bond donors (Lipinski definition) is 0. The average Bonchev–Trinajstić information content (AvgIpc) is 3.25. The highest BCUT2D eigenvalue weighted by Crippen LogP contribution is 2.25. The fraction of sp³-hybridized carbons (Fsp3) is 0.417. The van der Waals surface area contributed by atoms with Gasteiger partial charge in [-0.05, 0) is 42.7 Å². The fourth-order valence-electron chi connectivity index (χ4n) is 3.99. The first-order chi connectivity index (χ1) is 15.9. The van der Waals surface area contributed by atoms with Crippen LogP contribution in [0.3, 0.4) is 0 Å². The first-order valence-electron chi connectivity index (χ1n) is 11.1. The van der Waals surface area contributed by atoms with Crippen molar-refractivity contribution in [1.82, 2.24) is 24.9 Å². The van der Waals surface area contributed by atoms with E-state index >= 15 is 0 Å². The second-order valence-corrected chi connectivity index (χ2v) is 8.55. The number of rotatable bonds is 6. The van der Waals surface area contributed by atoms with Crippen molar-refractivity contribution in [2.75, 3.05) is 38.2 Å². The van der Waals surface area contributed by atoms with Gasteiger partial charge in [0.05, 0.1) is 19.0 Å². The molecule has 0 saturated carbocycles. The van der Waals surface area contributed by atoms with E-state index < -0.39 is 0 Å². The zero-order valence-corrected chi connectivity index (χ0v) is 19.5. The second-order valence-electron chi connectivity index (χ2n) is 8.55. The lowest BCUT2D eigenvalue weighted by Gasteiger charge is -2.35. The predicted molar refractivity (Wildman–Crippen MR) is 124 cm³/mol. The number of anilines is 1. The number of piperazine rings is 1. The van der Waals surface area contributed by atoms with Crippen LogP contribution in [0.15, 0.2) is 36.5 Å². The minimum atomic E-state index is -0.239. The van der Waals surface area contributed by atoms with Crippen LogP contribution in [0.4, 0.5) is 10.2 Å². The summed E-state index contributed by atoms with van der Waals surface area (Å²) in [6.07, 6.45) is 1.57. The first-order valence-corrected chi connectivity index (χ1v) is 11.1. The lowest BCUT2D eigenvalue weighted by molar-refractivity contribution is -0.132. The number of aryl methyl sites for hydroxylation is 1. The van der Waals surface area contributed by atoms with Gasteiger partial charge in [0.15, 0.2) is 5.82 Å². The summed E-state index contributed by atoms with van der Waals surface area (Å²) in [6.45, 7) is 8.59. The molecule has 1 aliphatic rings. The first kappa shape index (κ1) is 22.7. The van der Waals surface area contributed by atoms with Crippen molar-refractivity contribution in [2.24, 2.45) is 0 Å². The van der Waals surface area contributed by atoms with Crippen LogP contribution in [-0.4, -0.2) is 64.1 Å². The number of carbonyl (C=O) groups excluding carboxylic acids is 1. The number of benzene rings is 1. The highest BCUT2D eigenvalue weighted by molar-refractivity contribution is 5.76. The Bertz CT molecular complexity index is 1140. The van der Waals surface area contributed by atoms with Crippen LogP contribution in [0.2, 0.25) is 0 Å². The van der Waals surface area contributed by atoms with Gasteiger partial charge in [-0.3, -0.25) is 9.48 Å². The lowest BCUT2D eigenvalue weighted by atomic mass is 10.1. The van der Waals surface area contributed by atoms with E-state index in [2.05, 4.69) is 28.9 Å². The van der Waals surface area contributed by atoms with E-state index in [1.54, 1.807) is 37.0 Å². The molecular formula is C24H29FN6O2. The normalized spacial score (nSPS) is 14.1. The van der Waals surface area contributed by atoms with E-state index in [0.717, 1.165) is 22.8 Å². The standard InChI is InChI=1S/C24H29FN6O2/c1-16(2)22-13-21(18-5-6-20(25)17(3)11-18)28-31(22)15-24(32)30-9-7-29(8-10-30)23-12-19(33-4)14-26-27-23/h5-6,11-14,16H,7-10,15H2,1-4H3. The molecule has 33 heavy (non-hydrogen) atoms. The fourth-order valence-corrected chi connectivity index (χ4v) is 3.99. The predicted octanol–water partition coefficient (Wildman–Crippen LogP) is 3.27. The number of carbonyl (C=O) groups is 1. The summed E-state index contributed by atoms with van der Waals surface area (Å²) in [4.78, 5) is 17.0. The summed E-state index contributed by atoms with van der Waals surface area (Å²) in [5.74, 6) is 1.39. The second kappa shape index (κ2) is 9.56. The topological polar surface area (TPSA) is 76.4 Å². The number of halogens is 1. The summed E-state index contributed by atoms with van der Waals surface area (Å²) < 4.78 is 20.7. The van der Waals surface area contributed by atoms with Gasteiger partial charge in [0.1, 0.15) is 18.1 Å². The smallest absolute Gasteiger partial charge is 0.244 e. The summed E-state index contributed by atoms with van der Waals surface area (Å²) >= 11 is 0. The van der Waals surface area contributed by atoms with Crippen LogP contribution in [0.1, 0.15) is 31.0 Å². The molecule has 174 valence electrons. The van der Waals surface area contributed by atoms with Gasteiger partial charge in [-0.15, -0.1) is 5.10 Å². The van der Waals surface area contributed by atoms with Crippen LogP contribution < -0.4 is 9.64 Å². The number of nitrogens with zero attached hydrogens (tertiary/aromatic N) is 6. The van der Waals surface area contributed by atoms with Gasteiger partial charge in [0.25, 0.3) is 0 Å². The molecule has 0 N–H and O–H groups in total. The molecule has 3 heterocycles. The molecule has 0 unspecified atom stereocenters. The van der Waals surface area contributed by atoms with E-state index in [1.165, 1.54) is 6.07 Å². The highest BCUT2D eigenvalue weighted by Gasteiger charge is 2.24. The Labute approximate surface area is 193 Å². The Balaban J connectivity index is 1.45. The average molecular weight is 453 g/mol. The van der Waals surface area contributed by atoms with Crippen LogP contribution >= 0.6 is 0 Å². The van der Waals surface area contributed by atoms with Gasteiger partial charge in [0, 0.05) is 43.5 Å². The highest BCUT2D eigenvalue weighted by atomic mass is 19.1. The van der Waals surface area contributed by atoms with Crippen molar-refractivity contribution >= 4 is 11.7 Å². The van der Waals surface area contributed by atoms with Crippen molar-refractivity contribution in [1.29, 1.82) is 0 Å². The SMILES string of the molecule is COc1cnnc(N2CCN(C(=O)Cn3nc(-c4ccc(F)c(C)c4)cc3C(C)C)CC2)c1. The summed E-state index contributed by atoms with van der Waals surface area (Å²) in [5.41, 5.74) is 3.14. The number of ether oxygens (including phenoxy) is 1. The molecule has 2 aromatic heterocycles. The third-order valence-electron chi connectivity index (χ3n) is 5.95. The van der Waals surface area contributed by atoms with Gasteiger partial charge >= 0.3 is 0 Å². The lowest BCUT2D eigenvalue weighted by Crippen LogP contribution is -2.50. The molecule has 8 nitrogen and oxygen atoms in total. The molecule has 1 amide bonds. The third-order valence-corrected chi connectivity index (χ3v) is 5.95. The molecule has 0 atom stereocenters. The number of aromatic nitrogens is 4. The maximum Gasteiger partial charge on any atom is 0.244 e. The monoisotopic (exact) mass is 452 g/mol. The molecule has 0 spiro atoms. The maximum atomic E-state index is 13.7. The van der Waals surface area contributed by atoms with Crippen LogP contribution in [-0.2, 0) is 11.3 Å². The largest absolute Gasteiger partial charge is 0.495 e. The molecule has 1 aromatic carbocycles. The number of hydrogen-bond acceptors (Lipinski definition) is 6. The molecule has 1 saturated heterocycles. The minimum Gasteiger partial charge on any atom is -0.495 e. The van der Waals surface area contributed by atoms with E-state index in [0.29, 0.717) is 37.5 Å². The van der Waals surface area contributed by atoms with Crippen molar-refractivity contribution in [3.05, 3.63) is 53.6 Å². The Kier molecular flexibility index (Phi) is 6.57. The van der Waals surface area contributed by atoms with Crippen molar-refractivity contribution in [3.63, 3.8) is 0 Å². The van der Waals surface area contributed by atoms with Crippen molar-refractivity contribution in [2.45, 2.75) is 33.2 Å². The van der Waals surface area contributed by atoms with Gasteiger partial charge in [-0.1, -0.05) is 13.8 Å². The Morgan fingerprint density at radius 2 is 1.91 bits per heavy atom. The van der Waals surface area contributed by atoms with E-state index in [4.69, 9.17) is 9.84 Å². The summed E-state index contributed by atoms with van der Waals surface area (Å²) in [7, 11) is 1.60. The molecule has 4 rings (SSSR count). The summed E-state index contributed by atoms with van der Waals surface area (Å²) in [6, 6.07) is 8.80. The Morgan fingerprint density at radius 1 is 1.15 bits per heavy atom. The summed E-state index contributed by atoms with van der Waals surface area (Å²) in [5, 5.41) is 12.8. The molecule has 0 aliphatic carbocycles. The van der Waals surface area contributed by atoms with Crippen LogP contribution in [0, 0.1) is 12.7 Å². The van der Waals surface area contributed by atoms with Crippen LogP contribution in [0.25, 0.3) is 11.3 Å². The molecular weight excluding hydrogens is 423 g/mol. The van der Waals surface area contributed by atoms with Crippen molar-refractivity contribution < 1.29 is 13.9 Å². The molecule has 9 heteroatoms. The Morgan fingerprint density at radius 3 is 2.58 bits per heavy atom. The third kappa shape index (κ3) is 4.97. The van der Waals surface area contributed by atoms with E-state index in [9.17, 15) is 9.18 Å². The number of methoxy groups -OCH3 is 1. The van der Waals surface area contributed by atoms with E-state index in [-0.39, 0.29) is 24.2 Å². The van der Waals surface area contributed by atoms with Gasteiger partial charge in [0.2, 0.25) is 5.91 Å².